The minimum absolute atomic E-state index is 0.181. The molecule has 1 saturated heterocycles. The molecule has 1 amide bonds. The maximum Gasteiger partial charge on any atom is 0.237 e. The summed E-state index contributed by atoms with van der Waals surface area (Å²) in [6, 6.07) is 15.0. The van der Waals surface area contributed by atoms with E-state index < -0.39 is 5.25 Å². The van der Waals surface area contributed by atoms with E-state index in [9.17, 15) is 4.79 Å². The van der Waals surface area contributed by atoms with Crippen LogP contribution in [0.3, 0.4) is 0 Å². The maximum absolute atomic E-state index is 12.9. The summed E-state index contributed by atoms with van der Waals surface area (Å²) in [5, 5.41) is 13.0. The second-order valence-corrected chi connectivity index (χ2v) is 9.93. The van der Waals surface area contributed by atoms with Crippen LogP contribution in [-0.2, 0) is 11.3 Å². The number of aromatic nitrogens is 3. The minimum atomic E-state index is -0.417. The van der Waals surface area contributed by atoms with Crippen molar-refractivity contribution in [2.24, 2.45) is 0 Å². The molecule has 0 spiro atoms. The second-order valence-electron chi connectivity index (χ2n) is 7.78. The largest absolute Gasteiger partial charge is 0.324 e. The summed E-state index contributed by atoms with van der Waals surface area (Å²) < 4.78 is 2.05. The first-order chi connectivity index (χ1) is 15.5. The molecule has 2 aromatic carbocycles. The van der Waals surface area contributed by atoms with Crippen LogP contribution in [0.1, 0.15) is 32.0 Å². The molecule has 1 N–H and O–H groups in total. The van der Waals surface area contributed by atoms with Gasteiger partial charge in [0.2, 0.25) is 5.91 Å². The first-order valence-electron chi connectivity index (χ1n) is 10.7. The van der Waals surface area contributed by atoms with Gasteiger partial charge in [0, 0.05) is 10.7 Å². The molecular weight excluding hydrogens is 465 g/mol. The van der Waals surface area contributed by atoms with E-state index in [1.807, 2.05) is 37.3 Å². The molecule has 4 rings (SSSR count). The van der Waals surface area contributed by atoms with E-state index >= 15 is 0 Å². The zero-order valence-corrected chi connectivity index (χ0v) is 20.1. The molecule has 1 aromatic heterocycles. The zero-order chi connectivity index (χ0) is 22.5. The van der Waals surface area contributed by atoms with Crippen LogP contribution in [-0.4, -0.2) is 43.9 Å². The number of halogens is 2. The van der Waals surface area contributed by atoms with Gasteiger partial charge < -0.3 is 5.32 Å². The Hall–Kier alpha value is -2.06. The van der Waals surface area contributed by atoms with Crippen molar-refractivity contribution < 1.29 is 4.79 Å². The first-order valence-corrected chi connectivity index (χ1v) is 12.3. The van der Waals surface area contributed by atoms with Crippen molar-refractivity contribution in [1.82, 2.24) is 19.7 Å². The highest BCUT2D eigenvalue weighted by Gasteiger charge is 2.23. The van der Waals surface area contributed by atoms with Crippen LogP contribution >= 0.6 is 35.0 Å². The molecule has 0 bridgehead atoms. The molecule has 1 aliphatic rings. The molecule has 0 radical (unpaired) electrons. The number of carbonyl (C=O) groups excluding carboxylic acids is 1. The van der Waals surface area contributed by atoms with Gasteiger partial charge in [0.05, 0.1) is 22.5 Å². The molecule has 2 heterocycles. The summed E-state index contributed by atoms with van der Waals surface area (Å²) >= 11 is 13.6. The third kappa shape index (κ3) is 5.64. The van der Waals surface area contributed by atoms with Crippen molar-refractivity contribution in [3.05, 3.63) is 64.4 Å². The Morgan fingerprint density at radius 2 is 1.84 bits per heavy atom. The van der Waals surface area contributed by atoms with E-state index in [0.29, 0.717) is 20.9 Å². The SMILES string of the molecule is CC(Sc1nnc(CN2CCCCC2)n1-c1ccccc1)C(=O)Nc1cc(Cl)ccc1Cl. The Morgan fingerprint density at radius 1 is 1.09 bits per heavy atom. The van der Waals surface area contributed by atoms with Crippen molar-refractivity contribution in [3.8, 4) is 5.69 Å². The summed E-state index contributed by atoms with van der Waals surface area (Å²) in [5.74, 6) is 0.699. The lowest BCUT2D eigenvalue weighted by Gasteiger charge is -2.26. The van der Waals surface area contributed by atoms with Crippen molar-refractivity contribution in [2.45, 2.75) is 43.1 Å². The fraction of sp³-hybridized carbons (Fsp3) is 0.348. The van der Waals surface area contributed by atoms with E-state index in [4.69, 9.17) is 23.2 Å². The van der Waals surface area contributed by atoms with Crippen LogP contribution in [0, 0.1) is 0 Å². The van der Waals surface area contributed by atoms with Crippen molar-refractivity contribution in [1.29, 1.82) is 0 Å². The van der Waals surface area contributed by atoms with Gasteiger partial charge in [0.15, 0.2) is 11.0 Å². The lowest BCUT2D eigenvalue weighted by Crippen LogP contribution is -2.30. The molecular formula is C23H25Cl2N5OS. The van der Waals surface area contributed by atoms with Crippen molar-refractivity contribution in [3.63, 3.8) is 0 Å². The van der Waals surface area contributed by atoms with Crippen LogP contribution in [0.2, 0.25) is 10.0 Å². The van der Waals surface area contributed by atoms with Crippen LogP contribution in [0.4, 0.5) is 5.69 Å². The van der Waals surface area contributed by atoms with Crippen molar-refractivity contribution >= 4 is 46.6 Å². The number of thioether (sulfide) groups is 1. The number of likely N-dealkylation sites (tertiary alicyclic amines) is 1. The second kappa shape index (κ2) is 10.7. The third-order valence-corrected chi connectivity index (χ3v) is 6.97. The summed E-state index contributed by atoms with van der Waals surface area (Å²) in [7, 11) is 0. The quantitative estimate of drug-likeness (QED) is 0.432. The number of amides is 1. The van der Waals surface area contributed by atoms with Crippen LogP contribution in [0.25, 0.3) is 5.69 Å². The fourth-order valence-corrected chi connectivity index (χ4v) is 4.90. The number of hydrogen-bond donors (Lipinski definition) is 1. The number of benzene rings is 2. The lowest BCUT2D eigenvalue weighted by molar-refractivity contribution is -0.115. The molecule has 168 valence electrons. The monoisotopic (exact) mass is 489 g/mol. The number of rotatable bonds is 7. The van der Waals surface area contributed by atoms with Gasteiger partial charge in [-0.25, -0.2) is 0 Å². The molecule has 0 saturated carbocycles. The van der Waals surface area contributed by atoms with E-state index in [0.717, 1.165) is 31.1 Å². The highest BCUT2D eigenvalue weighted by molar-refractivity contribution is 8.00. The number of piperidine rings is 1. The van der Waals surface area contributed by atoms with E-state index in [2.05, 4.69) is 25.0 Å². The third-order valence-electron chi connectivity index (χ3n) is 5.37. The van der Waals surface area contributed by atoms with Gasteiger partial charge in [-0.3, -0.25) is 14.3 Å². The Balaban J connectivity index is 1.54. The normalized spacial score (nSPS) is 15.5. The number of anilines is 1. The van der Waals surface area contributed by atoms with Gasteiger partial charge in [-0.2, -0.15) is 0 Å². The summed E-state index contributed by atoms with van der Waals surface area (Å²) in [5.41, 5.74) is 1.48. The summed E-state index contributed by atoms with van der Waals surface area (Å²) in [6.07, 6.45) is 3.71. The molecule has 1 unspecified atom stereocenters. The minimum Gasteiger partial charge on any atom is -0.324 e. The Bertz CT molecular complexity index is 1070. The van der Waals surface area contributed by atoms with Gasteiger partial charge >= 0.3 is 0 Å². The maximum atomic E-state index is 12.9. The summed E-state index contributed by atoms with van der Waals surface area (Å²) in [6.45, 7) is 4.72. The molecule has 1 aliphatic heterocycles. The smallest absolute Gasteiger partial charge is 0.237 e. The van der Waals surface area contributed by atoms with Gasteiger partial charge in [-0.05, 0) is 63.2 Å². The highest BCUT2D eigenvalue weighted by Crippen LogP contribution is 2.29. The van der Waals surface area contributed by atoms with Gasteiger partial charge in [0.25, 0.3) is 0 Å². The van der Waals surface area contributed by atoms with E-state index in [1.54, 1.807) is 18.2 Å². The number of hydrogen-bond acceptors (Lipinski definition) is 5. The highest BCUT2D eigenvalue weighted by atomic mass is 35.5. The number of nitrogens with zero attached hydrogens (tertiary/aromatic N) is 4. The van der Waals surface area contributed by atoms with Crippen LogP contribution < -0.4 is 5.32 Å². The van der Waals surface area contributed by atoms with Crippen LogP contribution in [0.5, 0.6) is 0 Å². The number of para-hydroxylation sites is 1. The van der Waals surface area contributed by atoms with Gasteiger partial charge in [-0.1, -0.05) is 59.6 Å². The van der Waals surface area contributed by atoms with Gasteiger partial charge in [-0.15, -0.1) is 10.2 Å². The molecule has 0 aliphatic carbocycles. The predicted molar refractivity (Wildman–Crippen MR) is 131 cm³/mol. The molecule has 3 aromatic rings. The van der Waals surface area contributed by atoms with Gasteiger partial charge in [0.1, 0.15) is 0 Å². The number of nitrogens with one attached hydrogen (secondary N) is 1. The van der Waals surface area contributed by atoms with E-state index in [1.165, 1.54) is 31.0 Å². The van der Waals surface area contributed by atoms with Crippen LogP contribution in [0.15, 0.2) is 53.7 Å². The zero-order valence-electron chi connectivity index (χ0n) is 17.8. The average molecular weight is 490 g/mol. The first kappa shape index (κ1) is 23.1. The average Bonchev–Trinajstić information content (AvgIpc) is 3.19. The molecule has 9 heteroatoms. The fourth-order valence-electron chi connectivity index (χ4n) is 3.67. The Morgan fingerprint density at radius 3 is 2.59 bits per heavy atom. The number of carbonyl (C=O) groups is 1. The summed E-state index contributed by atoms with van der Waals surface area (Å²) in [4.78, 5) is 15.3. The topological polar surface area (TPSA) is 63.1 Å². The molecule has 6 nitrogen and oxygen atoms in total. The van der Waals surface area contributed by atoms with Crippen molar-refractivity contribution in [2.75, 3.05) is 18.4 Å². The standard InChI is InChI=1S/C23H25Cl2N5OS/c1-16(22(31)26-20-14-17(24)10-11-19(20)25)32-23-28-27-21(15-29-12-6-3-7-13-29)30(23)18-8-4-2-5-9-18/h2,4-5,8-11,14,16H,3,6-7,12-13,15H2,1H3,(H,26,31). The Labute approximate surface area is 202 Å². The lowest BCUT2D eigenvalue weighted by atomic mass is 10.1. The predicted octanol–water partition coefficient (Wildman–Crippen LogP) is 5.68. The molecule has 32 heavy (non-hydrogen) atoms. The molecule has 1 atom stereocenters. The van der Waals surface area contributed by atoms with E-state index in [-0.39, 0.29) is 5.91 Å². The Kier molecular flexibility index (Phi) is 7.73. The molecule has 1 fully saturated rings.